The van der Waals surface area contributed by atoms with Crippen LogP contribution in [0.1, 0.15) is 34.3 Å². The molecule has 1 N–H and O–H groups in total. The van der Waals surface area contributed by atoms with Gasteiger partial charge in [-0.15, -0.1) is 0 Å². The Bertz CT molecular complexity index is 1060. The van der Waals surface area contributed by atoms with Crippen molar-refractivity contribution in [2.45, 2.75) is 32.4 Å². The van der Waals surface area contributed by atoms with Crippen LogP contribution in [0.25, 0.3) is 11.1 Å². The molecule has 1 amide bonds. The maximum Gasteiger partial charge on any atom is 0.256 e. The van der Waals surface area contributed by atoms with Crippen LogP contribution in [0.2, 0.25) is 0 Å². The Morgan fingerprint density at radius 2 is 1.61 bits per heavy atom. The molecule has 3 aromatic carbocycles. The van der Waals surface area contributed by atoms with Gasteiger partial charge in [0.05, 0.1) is 38.9 Å². The highest BCUT2D eigenvalue weighted by atomic mass is 35.5. The highest BCUT2D eigenvalue weighted by molar-refractivity contribution is 6.09. The number of rotatable bonds is 6. The average molecular weight is 465 g/mol. The Kier molecular flexibility index (Phi) is 8.30. The van der Waals surface area contributed by atoms with E-state index in [4.69, 9.17) is 4.74 Å². The van der Waals surface area contributed by atoms with Gasteiger partial charge in [-0.05, 0) is 35.7 Å². The third-order valence-electron chi connectivity index (χ3n) is 6.57. The lowest BCUT2D eigenvalue weighted by molar-refractivity contribution is -0.929. The lowest BCUT2D eigenvalue weighted by Gasteiger charge is -2.40. The Morgan fingerprint density at radius 1 is 0.939 bits per heavy atom. The first-order valence-electron chi connectivity index (χ1n) is 11.4. The van der Waals surface area contributed by atoms with Gasteiger partial charge in [0.15, 0.2) is 0 Å². The van der Waals surface area contributed by atoms with Crippen molar-refractivity contribution in [1.82, 2.24) is 0 Å². The summed E-state index contributed by atoms with van der Waals surface area (Å²) in [6, 6.07) is 25.0. The molecule has 1 fully saturated rings. The van der Waals surface area contributed by atoms with Crippen molar-refractivity contribution in [2.24, 2.45) is 0 Å². The zero-order valence-corrected chi connectivity index (χ0v) is 20.4. The van der Waals surface area contributed by atoms with E-state index in [9.17, 15) is 4.79 Å². The molecule has 4 rings (SSSR count). The fraction of sp³-hybridized carbons (Fsp3) is 0.321. The number of nitrogens with one attached hydrogen (secondary N) is 1. The summed E-state index contributed by atoms with van der Waals surface area (Å²) in [4.78, 5) is 13.2. The highest BCUT2D eigenvalue weighted by Gasteiger charge is 2.30. The second kappa shape index (κ2) is 11.0. The van der Waals surface area contributed by atoms with Crippen molar-refractivity contribution in [3.8, 4) is 11.1 Å². The minimum Gasteiger partial charge on any atom is -1.00 e. The van der Waals surface area contributed by atoms with Gasteiger partial charge in [0.1, 0.15) is 6.54 Å². The predicted molar refractivity (Wildman–Crippen MR) is 131 cm³/mol. The maximum absolute atomic E-state index is 13.2. The Morgan fingerprint density at radius 3 is 2.27 bits per heavy atom. The summed E-state index contributed by atoms with van der Waals surface area (Å²) < 4.78 is 6.49. The molecular formula is C28H33ClN2O2. The molecular weight excluding hydrogens is 432 g/mol. The minimum absolute atomic E-state index is 0. The van der Waals surface area contributed by atoms with Crippen molar-refractivity contribution in [3.63, 3.8) is 0 Å². The smallest absolute Gasteiger partial charge is 0.256 e. The summed E-state index contributed by atoms with van der Waals surface area (Å²) in [5.41, 5.74) is 5.79. The van der Waals surface area contributed by atoms with E-state index in [0.29, 0.717) is 6.04 Å². The van der Waals surface area contributed by atoms with Gasteiger partial charge in [-0.1, -0.05) is 60.7 Å². The molecule has 1 saturated heterocycles. The van der Waals surface area contributed by atoms with Crippen LogP contribution in [-0.2, 0) is 11.3 Å². The number of aryl methyl sites for hydroxylation is 1. The lowest BCUT2D eigenvalue weighted by Crippen LogP contribution is -3.00. The van der Waals surface area contributed by atoms with E-state index in [2.05, 4.69) is 31.5 Å². The van der Waals surface area contributed by atoms with Crippen molar-refractivity contribution >= 4 is 11.6 Å². The fourth-order valence-corrected chi connectivity index (χ4v) is 4.70. The summed E-state index contributed by atoms with van der Waals surface area (Å²) in [6.07, 6.45) is 2.22. The lowest BCUT2D eigenvalue weighted by atomic mass is 9.95. The van der Waals surface area contributed by atoms with Crippen LogP contribution in [0.5, 0.6) is 0 Å². The van der Waals surface area contributed by atoms with Crippen LogP contribution in [0.4, 0.5) is 5.69 Å². The Labute approximate surface area is 203 Å². The van der Waals surface area contributed by atoms with E-state index in [-0.39, 0.29) is 18.3 Å². The molecule has 0 aromatic heterocycles. The number of quaternary nitrogens is 1. The molecule has 0 atom stereocenters. The van der Waals surface area contributed by atoms with Gasteiger partial charge < -0.3 is 26.9 Å². The maximum atomic E-state index is 13.2. The van der Waals surface area contributed by atoms with E-state index < -0.39 is 0 Å². The molecule has 0 radical (unpaired) electrons. The molecule has 5 heteroatoms. The first-order valence-corrected chi connectivity index (χ1v) is 11.4. The van der Waals surface area contributed by atoms with E-state index >= 15 is 0 Å². The monoisotopic (exact) mass is 464 g/mol. The van der Waals surface area contributed by atoms with E-state index in [1.807, 2.05) is 67.6 Å². The fourth-order valence-electron chi connectivity index (χ4n) is 4.70. The van der Waals surface area contributed by atoms with Crippen molar-refractivity contribution in [2.75, 3.05) is 32.6 Å². The molecule has 174 valence electrons. The van der Waals surface area contributed by atoms with E-state index in [1.54, 1.807) is 0 Å². The predicted octanol–water partition coefficient (Wildman–Crippen LogP) is 2.67. The zero-order valence-electron chi connectivity index (χ0n) is 19.7. The Hall–Kier alpha value is -2.66. The van der Waals surface area contributed by atoms with Gasteiger partial charge >= 0.3 is 0 Å². The Balaban J connectivity index is 0.00000306. The summed E-state index contributed by atoms with van der Waals surface area (Å²) in [6.45, 7) is 4.68. The van der Waals surface area contributed by atoms with Crippen molar-refractivity contribution in [3.05, 3.63) is 89.5 Å². The number of anilines is 1. The zero-order chi connectivity index (χ0) is 22.6. The van der Waals surface area contributed by atoms with Crippen molar-refractivity contribution < 1.29 is 26.4 Å². The van der Waals surface area contributed by atoms with Gasteiger partial charge in [0.25, 0.3) is 5.91 Å². The molecule has 4 nitrogen and oxygen atoms in total. The number of carbonyl (C=O) groups excluding carboxylic acids is 1. The van der Waals surface area contributed by atoms with Gasteiger partial charge in [0.2, 0.25) is 0 Å². The van der Waals surface area contributed by atoms with Crippen LogP contribution in [0, 0.1) is 6.92 Å². The highest BCUT2D eigenvalue weighted by Crippen LogP contribution is 2.27. The molecule has 0 saturated carbocycles. The normalized spacial score (nSPS) is 14.4. The molecule has 1 aliphatic rings. The first-order chi connectivity index (χ1) is 15.4. The second-order valence-corrected chi connectivity index (χ2v) is 9.29. The number of ether oxygens (including phenoxy) is 1. The van der Waals surface area contributed by atoms with Crippen LogP contribution >= 0.6 is 0 Å². The largest absolute Gasteiger partial charge is 1.00 e. The second-order valence-electron chi connectivity index (χ2n) is 9.29. The molecule has 3 aromatic rings. The standard InChI is InChI=1S/C28H32N2O2.ClH/c1-21-8-7-11-26(23-9-5-4-6-10-23)27(21)28(31)29-24-14-12-22(13-15-24)20-30(2,3)25-16-18-32-19-17-25;/h4-15,25H,16-20H2,1-3H3;1H. The quantitative estimate of drug-likeness (QED) is 0.569. The molecule has 33 heavy (non-hydrogen) atoms. The summed E-state index contributed by atoms with van der Waals surface area (Å²) >= 11 is 0. The number of hydrogen-bond donors (Lipinski definition) is 1. The van der Waals surface area contributed by atoms with Gasteiger partial charge in [-0.25, -0.2) is 0 Å². The van der Waals surface area contributed by atoms with Gasteiger partial charge in [-0.3, -0.25) is 4.79 Å². The average Bonchev–Trinajstić information content (AvgIpc) is 2.81. The number of carbonyl (C=O) groups is 1. The molecule has 0 aliphatic carbocycles. The van der Waals surface area contributed by atoms with Crippen LogP contribution in [0.3, 0.4) is 0 Å². The number of amides is 1. The van der Waals surface area contributed by atoms with Crippen LogP contribution in [0.15, 0.2) is 72.8 Å². The molecule has 0 bridgehead atoms. The van der Waals surface area contributed by atoms with Crippen LogP contribution < -0.4 is 17.7 Å². The minimum atomic E-state index is -0.0759. The van der Waals surface area contributed by atoms with Crippen molar-refractivity contribution in [1.29, 1.82) is 0 Å². The molecule has 1 heterocycles. The van der Waals surface area contributed by atoms with E-state index in [0.717, 1.165) is 65.0 Å². The topological polar surface area (TPSA) is 38.3 Å². The molecule has 0 spiro atoms. The number of halogens is 1. The van der Waals surface area contributed by atoms with Gasteiger partial charge in [0, 0.05) is 24.1 Å². The SMILES string of the molecule is Cc1cccc(-c2ccccc2)c1C(=O)Nc1ccc(C[N+](C)(C)C2CCOCC2)cc1.[Cl-]. The summed E-state index contributed by atoms with van der Waals surface area (Å²) in [5, 5.41) is 3.10. The first kappa shape index (κ1) is 25.0. The number of benzene rings is 3. The third-order valence-corrected chi connectivity index (χ3v) is 6.57. The summed E-state index contributed by atoms with van der Waals surface area (Å²) in [5.74, 6) is -0.0759. The molecule has 1 aliphatic heterocycles. The number of hydrogen-bond acceptors (Lipinski definition) is 2. The summed E-state index contributed by atoms with van der Waals surface area (Å²) in [7, 11) is 4.60. The van der Waals surface area contributed by atoms with Gasteiger partial charge in [-0.2, -0.15) is 0 Å². The van der Waals surface area contributed by atoms with Crippen LogP contribution in [-0.4, -0.2) is 43.7 Å². The number of nitrogens with zero attached hydrogens (tertiary/aromatic N) is 1. The molecule has 0 unspecified atom stereocenters. The van der Waals surface area contributed by atoms with E-state index in [1.165, 1.54) is 5.56 Å². The third kappa shape index (κ3) is 6.02.